The van der Waals surface area contributed by atoms with E-state index in [9.17, 15) is 14.4 Å². The fraction of sp³-hybridized carbons (Fsp3) is 0.182. The Morgan fingerprint density at radius 3 is 2.20 bits per heavy atom. The Morgan fingerprint density at radius 2 is 1.80 bits per heavy atom. The molecule has 4 heteroatoms. The minimum absolute atomic E-state index is 0.0478. The molecular weight excluding hydrogens is 212 g/mol. The lowest BCUT2D eigenvalue weighted by Crippen LogP contribution is -2.08. The SMILES string of the molecule is CC(=O)C(=CC(=O)c1cccs1)C(C)=O. The van der Waals surface area contributed by atoms with Gasteiger partial charge in [0, 0.05) is 6.08 Å². The van der Waals surface area contributed by atoms with E-state index in [0.717, 1.165) is 6.08 Å². The Kier molecular flexibility index (Phi) is 3.68. The van der Waals surface area contributed by atoms with Gasteiger partial charge < -0.3 is 0 Å². The first-order chi connectivity index (χ1) is 7.02. The number of allylic oxidation sites excluding steroid dienone is 2. The number of rotatable bonds is 4. The summed E-state index contributed by atoms with van der Waals surface area (Å²) in [6.07, 6.45) is 1.11. The molecule has 0 radical (unpaired) electrons. The molecule has 0 aliphatic carbocycles. The zero-order valence-corrected chi connectivity index (χ0v) is 9.26. The standard InChI is InChI=1S/C11H10O3S/c1-7(12)9(8(2)13)6-10(14)11-4-3-5-15-11/h3-6H,1-2H3. The van der Waals surface area contributed by atoms with Crippen molar-refractivity contribution in [2.24, 2.45) is 0 Å². The van der Waals surface area contributed by atoms with Crippen molar-refractivity contribution >= 4 is 28.7 Å². The smallest absolute Gasteiger partial charge is 0.196 e. The molecule has 15 heavy (non-hydrogen) atoms. The van der Waals surface area contributed by atoms with Gasteiger partial charge in [-0.05, 0) is 25.3 Å². The lowest BCUT2D eigenvalue weighted by atomic mass is 10.1. The predicted octanol–water partition coefficient (Wildman–Crippen LogP) is 2.04. The summed E-state index contributed by atoms with van der Waals surface area (Å²) < 4.78 is 0. The topological polar surface area (TPSA) is 51.2 Å². The van der Waals surface area contributed by atoms with Gasteiger partial charge in [0.2, 0.25) is 0 Å². The predicted molar refractivity (Wildman–Crippen MR) is 58.1 cm³/mol. The van der Waals surface area contributed by atoms with Crippen molar-refractivity contribution in [3.05, 3.63) is 34.0 Å². The zero-order valence-electron chi connectivity index (χ0n) is 8.44. The Balaban J connectivity index is 2.99. The lowest BCUT2D eigenvalue weighted by molar-refractivity contribution is -0.119. The maximum Gasteiger partial charge on any atom is 0.196 e. The van der Waals surface area contributed by atoms with Gasteiger partial charge in [0.05, 0.1) is 10.5 Å². The van der Waals surface area contributed by atoms with Crippen LogP contribution in [-0.4, -0.2) is 17.3 Å². The third-order valence-electron chi connectivity index (χ3n) is 1.80. The molecule has 78 valence electrons. The van der Waals surface area contributed by atoms with Crippen LogP contribution in [0, 0.1) is 0 Å². The van der Waals surface area contributed by atoms with Crippen LogP contribution >= 0.6 is 11.3 Å². The monoisotopic (exact) mass is 222 g/mol. The molecule has 0 fully saturated rings. The molecule has 0 aromatic carbocycles. The van der Waals surface area contributed by atoms with Crippen LogP contribution in [0.5, 0.6) is 0 Å². The second-order valence-corrected chi connectivity index (χ2v) is 3.96. The number of ketones is 3. The summed E-state index contributed by atoms with van der Waals surface area (Å²) >= 11 is 1.28. The largest absolute Gasteiger partial charge is 0.294 e. The summed E-state index contributed by atoms with van der Waals surface area (Å²) in [6, 6.07) is 3.40. The van der Waals surface area contributed by atoms with Gasteiger partial charge in [0.15, 0.2) is 17.3 Å². The van der Waals surface area contributed by atoms with Crippen LogP contribution in [0.3, 0.4) is 0 Å². The van der Waals surface area contributed by atoms with Crippen LogP contribution in [0.4, 0.5) is 0 Å². The van der Waals surface area contributed by atoms with E-state index in [1.54, 1.807) is 17.5 Å². The Hall–Kier alpha value is -1.55. The van der Waals surface area contributed by atoms with Crippen LogP contribution < -0.4 is 0 Å². The van der Waals surface area contributed by atoms with Gasteiger partial charge in [0.25, 0.3) is 0 Å². The van der Waals surface area contributed by atoms with Crippen LogP contribution in [-0.2, 0) is 9.59 Å². The molecule has 0 unspecified atom stereocenters. The number of carbonyl (C=O) groups is 3. The van der Waals surface area contributed by atoms with Crippen LogP contribution in [0.25, 0.3) is 0 Å². The Bertz CT molecular complexity index is 411. The highest BCUT2D eigenvalue weighted by Crippen LogP contribution is 2.11. The van der Waals surface area contributed by atoms with E-state index in [1.807, 2.05) is 0 Å². The van der Waals surface area contributed by atoms with Crippen molar-refractivity contribution in [1.29, 1.82) is 0 Å². The molecular formula is C11H10O3S. The van der Waals surface area contributed by atoms with E-state index >= 15 is 0 Å². The molecule has 0 atom stereocenters. The maximum atomic E-state index is 11.6. The molecule has 0 aliphatic heterocycles. The first-order valence-corrected chi connectivity index (χ1v) is 5.21. The molecule has 0 saturated carbocycles. The van der Waals surface area contributed by atoms with Gasteiger partial charge >= 0.3 is 0 Å². The first kappa shape index (κ1) is 11.5. The summed E-state index contributed by atoms with van der Waals surface area (Å²) in [6.45, 7) is 2.55. The average Bonchev–Trinajstić information content (AvgIpc) is 2.65. The van der Waals surface area contributed by atoms with Crippen molar-refractivity contribution in [3.63, 3.8) is 0 Å². The van der Waals surface area contributed by atoms with Gasteiger partial charge in [-0.2, -0.15) is 0 Å². The van der Waals surface area contributed by atoms with Crippen molar-refractivity contribution in [3.8, 4) is 0 Å². The van der Waals surface area contributed by atoms with E-state index in [0.29, 0.717) is 4.88 Å². The first-order valence-electron chi connectivity index (χ1n) is 4.33. The summed E-state index contributed by atoms with van der Waals surface area (Å²) in [5, 5.41) is 1.77. The van der Waals surface area contributed by atoms with Gasteiger partial charge in [-0.15, -0.1) is 11.3 Å². The second-order valence-electron chi connectivity index (χ2n) is 3.01. The number of Topliss-reactive ketones (excluding diaryl/α,β-unsaturated/α-hetero) is 2. The highest BCUT2D eigenvalue weighted by molar-refractivity contribution is 7.12. The second kappa shape index (κ2) is 4.79. The third kappa shape index (κ3) is 2.95. The maximum absolute atomic E-state index is 11.6. The van der Waals surface area contributed by atoms with Crippen molar-refractivity contribution in [2.45, 2.75) is 13.8 Å². The summed E-state index contributed by atoms with van der Waals surface area (Å²) in [4.78, 5) is 34.2. The molecule has 3 nitrogen and oxygen atoms in total. The van der Waals surface area contributed by atoms with Crippen molar-refractivity contribution in [1.82, 2.24) is 0 Å². The summed E-state index contributed by atoms with van der Waals surface area (Å²) in [7, 11) is 0. The van der Waals surface area contributed by atoms with E-state index in [2.05, 4.69) is 0 Å². The fourth-order valence-electron chi connectivity index (χ4n) is 1.07. The van der Waals surface area contributed by atoms with Gasteiger partial charge in [-0.1, -0.05) is 6.07 Å². The lowest BCUT2D eigenvalue weighted by Gasteiger charge is -1.96. The van der Waals surface area contributed by atoms with Crippen LogP contribution in [0.15, 0.2) is 29.2 Å². The number of thiophene rings is 1. The summed E-state index contributed by atoms with van der Waals surface area (Å²) in [5.74, 6) is -1.06. The molecule has 1 aromatic heterocycles. The summed E-state index contributed by atoms with van der Waals surface area (Å²) in [5.41, 5.74) is -0.0478. The molecule has 0 amide bonds. The van der Waals surface area contributed by atoms with E-state index in [-0.39, 0.29) is 22.9 Å². The minimum Gasteiger partial charge on any atom is -0.294 e. The molecule has 0 bridgehead atoms. The zero-order chi connectivity index (χ0) is 11.4. The van der Waals surface area contributed by atoms with Crippen molar-refractivity contribution < 1.29 is 14.4 Å². The molecule has 0 spiro atoms. The van der Waals surface area contributed by atoms with Crippen molar-refractivity contribution in [2.75, 3.05) is 0 Å². The highest BCUT2D eigenvalue weighted by atomic mass is 32.1. The van der Waals surface area contributed by atoms with Gasteiger partial charge in [-0.3, -0.25) is 14.4 Å². The molecule has 1 aromatic rings. The van der Waals surface area contributed by atoms with E-state index < -0.39 is 0 Å². The quantitative estimate of drug-likeness (QED) is 0.339. The van der Waals surface area contributed by atoms with E-state index in [1.165, 1.54) is 25.2 Å². The minimum atomic E-state index is -0.382. The van der Waals surface area contributed by atoms with E-state index in [4.69, 9.17) is 0 Å². The van der Waals surface area contributed by atoms with Gasteiger partial charge in [-0.25, -0.2) is 0 Å². The molecule has 1 heterocycles. The molecule has 0 aliphatic rings. The van der Waals surface area contributed by atoms with Crippen LogP contribution in [0.1, 0.15) is 23.5 Å². The fourth-order valence-corrected chi connectivity index (χ4v) is 1.71. The highest BCUT2D eigenvalue weighted by Gasteiger charge is 2.13. The molecule has 0 saturated heterocycles. The number of hydrogen-bond donors (Lipinski definition) is 0. The van der Waals surface area contributed by atoms with Crippen LogP contribution in [0.2, 0.25) is 0 Å². The average molecular weight is 222 g/mol. The normalized spacial score (nSPS) is 9.47. The molecule has 0 N–H and O–H groups in total. The number of hydrogen-bond acceptors (Lipinski definition) is 4. The molecule has 1 rings (SSSR count). The third-order valence-corrected chi connectivity index (χ3v) is 2.68. The number of carbonyl (C=O) groups excluding carboxylic acids is 3. The Labute approximate surface area is 91.4 Å². The van der Waals surface area contributed by atoms with Gasteiger partial charge in [0.1, 0.15) is 0 Å². The Morgan fingerprint density at radius 1 is 1.20 bits per heavy atom.